The molecule has 0 rings (SSSR count). The molecular formula is C3H5F3ORf. The summed E-state index contributed by atoms with van der Waals surface area (Å²) in [6.07, 6.45) is -5.05. The average Bonchev–Trinajstić information content (AvgIpc) is 1.65. The Labute approximate surface area is 38.8 Å². The predicted molar refractivity (Wildman–Crippen MR) is 18.0 cm³/mol. The topological polar surface area (TPSA) is 20.2 Å². The molecule has 0 aliphatic rings. The molecule has 0 aromatic heterocycles. The molecule has 2 atom stereocenters. The monoisotopic (exact) mass is 381 g/mol. The van der Waals surface area contributed by atoms with Gasteiger partial charge >= 0.3 is 0 Å². The first-order chi connectivity index (χ1) is 3.18. The molecule has 0 aromatic rings. The number of aliphatic hydroxyl groups excluding tert-OH is 1. The van der Waals surface area contributed by atoms with Crippen LogP contribution in [0.25, 0.3) is 0 Å². The van der Waals surface area contributed by atoms with E-state index in [-0.39, 0.29) is 0 Å². The van der Waals surface area contributed by atoms with Crippen LogP contribution in [-0.4, -0.2) is 24.3 Å². The molecule has 0 fully saturated rings. The molecular weight excluding hydrogens is 376 g/mol. The molecule has 0 aromatic carbocycles. The van der Waals surface area contributed by atoms with Crippen molar-refractivity contribution in [3.8, 4) is 0 Å². The number of aliphatic hydroxyl groups is 1. The molecule has 0 spiro atoms. The molecule has 2 unspecified atom stereocenters. The zero-order valence-corrected chi connectivity index (χ0v) is 10.5. The van der Waals surface area contributed by atoms with E-state index in [1.165, 1.54) is 0 Å². The second-order valence-corrected chi connectivity index (χ2v) is 1.04. The van der Waals surface area contributed by atoms with Crippen molar-refractivity contribution in [1.29, 1.82) is 0 Å². The fourth-order valence-corrected chi connectivity index (χ4v) is 0.0735. The number of rotatable bonds is 2. The van der Waals surface area contributed by atoms with Crippen molar-refractivity contribution in [1.82, 2.24) is 0 Å². The van der Waals surface area contributed by atoms with E-state index in [1.54, 1.807) is 0 Å². The second kappa shape index (κ2) is 3.92. The Morgan fingerprint density at radius 2 is 1.75 bits per heavy atom. The summed E-state index contributed by atoms with van der Waals surface area (Å²) in [5.41, 5.74) is 0. The van der Waals surface area contributed by atoms with Crippen LogP contribution in [-0.2, 0) is 0 Å². The minimum Gasteiger partial charge on any atom is -0.362 e. The third kappa shape index (κ3) is 2.96. The van der Waals surface area contributed by atoms with Gasteiger partial charge in [-0.2, -0.15) is 0 Å². The molecule has 0 saturated heterocycles. The molecule has 0 heterocycles. The van der Waals surface area contributed by atoms with Gasteiger partial charge in [0.25, 0.3) is 0 Å². The molecule has 5 heteroatoms. The van der Waals surface area contributed by atoms with Gasteiger partial charge in [-0.25, -0.2) is 13.2 Å². The molecule has 0 amide bonds. The Balaban J connectivity index is 0. The normalized spacial score (nSPS) is 16.5. The molecule has 1 N–H and O–H groups in total. The summed E-state index contributed by atoms with van der Waals surface area (Å²) in [5.74, 6) is 0. The molecule has 0 aliphatic heterocycles. The largest absolute Gasteiger partial charge is 0.362 e. The van der Waals surface area contributed by atoms with E-state index >= 15 is 0 Å². The van der Waals surface area contributed by atoms with E-state index in [1.807, 2.05) is 0 Å². The smallest absolute Gasteiger partial charge is 0.230 e. The molecule has 0 bridgehead atoms. The first-order valence-electron chi connectivity index (χ1n) is 1.70. The summed E-state index contributed by atoms with van der Waals surface area (Å²) in [6, 6.07) is 0. The number of hydrogen-bond donors (Lipinski definition) is 1. The van der Waals surface area contributed by atoms with Crippen LogP contribution in [0.2, 0.25) is 0 Å². The summed E-state index contributed by atoms with van der Waals surface area (Å²) >= 11 is 0. The summed E-state index contributed by atoms with van der Waals surface area (Å²) in [4.78, 5) is 0. The van der Waals surface area contributed by atoms with Crippen LogP contribution in [0.4, 0.5) is 13.2 Å². The molecule has 0 saturated carbocycles. The molecule has 8 heavy (non-hydrogen) atoms. The average molecular weight is 381 g/mol. The quantitative estimate of drug-likeness (QED) is 0.743. The van der Waals surface area contributed by atoms with Crippen molar-refractivity contribution >= 4 is 0 Å². The van der Waals surface area contributed by atoms with Gasteiger partial charge < -0.3 is 5.11 Å². The van der Waals surface area contributed by atoms with E-state index in [0.717, 1.165) is 0 Å². The van der Waals surface area contributed by atoms with Gasteiger partial charge in [0, 0.05) is 0 Å². The van der Waals surface area contributed by atoms with Gasteiger partial charge in [-0.15, -0.1) is 0 Å². The van der Waals surface area contributed by atoms with Crippen molar-refractivity contribution in [3.05, 3.63) is 0 Å². The third-order valence-electron chi connectivity index (χ3n) is 0.446. The summed E-state index contributed by atoms with van der Waals surface area (Å²) in [6.45, 7) is -1.47. The minimum absolute atomic E-state index is 0. The molecule has 0 aliphatic carbocycles. The minimum atomic E-state index is -2.68. The van der Waals surface area contributed by atoms with Crippen LogP contribution >= 0.6 is 0 Å². The van der Waals surface area contributed by atoms with E-state index in [2.05, 4.69) is 0 Å². The van der Waals surface area contributed by atoms with Crippen LogP contribution in [0.1, 0.15) is 0 Å². The molecule has 1 nitrogen and oxygen atoms in total. The van der Waals surface area contributed by atoms with Gasteiger partial charge in [-0.05, 0) is 0 Å². The SMILES string of the molecule is OC(F)C(F)CF.[Rf]. The Morgan fingerprint density at radius 1 is 1.38 bits per heavy atom. The number of alkyl halides is 3. The van der Waals surface area contributed by atoms with Crippen LogP contribution < -0.4 is 0 Å². The van der Waals surface area contributed by atoms with E-state index in [9.17, 15) is 13.2 Å². The Bertz CT molecular complexity index is 51.8. The first-order valence-corrected chi connectivity index (χ1v) is 1.70. The maximum Gasteiger partial charge on any atom is 0.230 e. The van der Waals surface area contributed by atoms with E-state index in [0.29, 0.717) is 0 Å². The zero-order chi connectivity index (χ0) is 5.86. The van der Waals surface area contributed by atoms with Gasteiger partial charge in [0.2, 0.25) is 6.36 Å². The summed E-state index contributed by atoms with van der Waals surface area (Å²) < 4.78 is 33.2. The van der Waals surface area contributed by atoms with E-state index in [4.69, 9.17) is 5.11 Å². The Morgan fingerprint density at radius 3 is 1.75 bits per heavy atom. The fourth-order valence-electron chi connectivity index (χ4n) is 0.0735. The second-order valence-electron chi connectivity index (χ2n) is 1.04. The van der Waals surface area contributed by atoms with Gasteiger partial charge in [0.15, 0.2) is 6.17 Å². The zero-order valence-electron chi connectivity index (χ0n) is 4.15. The van der Waals surface area contributed by atoms with Crippen LogP contribution in [0.5, 0.6) is 0 Å². The maximum absolute atomic E-state index is 11.3. The predicted octanol–water partition coefficient (Wildman–Crippen LogP) is 0.582. The van der Waals surface area contributed by atoms with Gasteiger partial charge in [-0.3, -0.25) is 0 Å². The van der Waals surface area contributed by atoms with Crippen molar-refractivity contribution < 1.29 is 18.3 Å². The summed E-state index contributed by atoms with van der Waals surface area (Å²) in [7, 11) is 0. The Hall–Kier alpha value is -1.25. The van der Waals surface area contributed by atoms with Gasteiger partial charge in [0.05, 0.1) is 0 Å². The van der Waals surface area contributed by atoms with Gasteiger partial charge in [0.1, 0.15) is 6.67 Å². The van der Waals surface area contributed by atoms with Crippen molar-refractivity contribution in [3.63, 3.8) is 0 Å². The van der Waals surface area contributed by atoms with Crippen molar-refractivity contribution in [2.45, 2.75) is 12.5 Å². The standard InChI is InChI=1S/C3H5F3O.Rf/c4-1-2(5)3(6)7;/h2-3,7H,1H2;. The summed E-state index contributed by atoms with van der Waals surface area (Å²) in [5, 5.41) is 7.54. The fraction of sp³-hybridized carbons (Fsp3) is 1.00. The number of hydrogen-bond acceptors (Lipinski definition) is 1. The Kier molecular flexibility index (Phi) is 4.85. The van der Waals surface area contributed by atoms with Crippen LogP contribution in [0.3, 0.4) is 0 Å². The molecule has 46 valence electrons. The van der Waals surface area contributed by atoms with Crippen molar-refractivity contribution in [2.24, 2.45) is 0 Å². The van der Waals surface area contributed by atoms with E-state index < -0.39 is 19.2 Å². The van der Waals surface area contributed by atoms with Crippen LogP contribution in [0.15, 0.2) is 0 Å². The van der Waals surface area contributed by atoms with Gasteiger partial charge in [-0.1, -0.05) is 0 Å². The van der Waals surface area contributed by atoms with Crippen LogP contribution in [0, 0.1) is 0 Å². The van der Waals surface area contributed by atoms with Crippen molar-refractivity contribution in [2.75, 3.05) is 6.67 Å². The third-order valence-corrected chi connectivity index (χ3v) is 0.446. The molecule has 0 radical (unpaired) electrons. The maximum atomic E-state index is 11.3. The first kappa shape index (κ1) is 9.89. The number of halogens is 3.